The van der Waals surface area contributed by atoms with E-state index in [4.69, 9.17) is 5.73 Å². The quantitative estimate of drug-likeness (QED) is 0.882. The SMILES string of the molecule is CC(N)Cc1ccc(Sc2n[nH]c(=O)n2C2CC2)cc1. The topological polar surface area (TPSA) is 76.7 Å². The lowest BCUT2D eigenvalue weighted by molar-refractivity contribution is 0.642. The van der Waals surface area contributed by atoms with Gasteiger partial charge >= 0.3 is 5.69 Å². The van der Waals surface area contributed by atoms with Crippen molar-refractivity contribution in [2.45, 2.75) is 48.3 Å². The van der Waals surface area contributed by atoms with Crippen molar-refractivity contribution < 1.29 is 0 Å². The molecule has 1 aliphatic rings. The predicted molar refractivity (Wildman–Crippen MR) is 79.0 cm³/mol. The summed E-state index contributed by atoms with van der Waals surface area (Å²) in [7, 11) is 0. The lowest BCUT2D eigenvalue weighted by atomic mass is 10.1. The van der Waals surface area contributed by atoms with E-state index < -0.39 is 0 Å². The standard InChI is InChI=1S/C14H18N4OS/c1-9(15)8-10-2-6-12(7-3-10)20-14-17-16-13(19)18(14)11-4-5-11/h2-3,6-7,9,11H,4-5,8,15H2,1H3,(H,16,19). The maximum Gasteiger partial charge on any atom is 0.344 e. The van der Waals surface area contributed by atoms with Gasteiger partial charge in [0.2, 0.25) is 0 Å². The number of nitrogens with one attached hydrogen (secondary N) is 1. The largest absolute Gasteiger partial charge is 0.344 e. The highest BCUT2D eigenvalue weighted by atomic mass is 32.2. The van der Waals surface area contributed by atoms with Crippen molar-refractivity contribution in [3.63, 3.8) is 0 Å². The van der Waals surface area contributed by atoms with Crippen molar-refractivity contribution >= 4 is 11.8 Å². The zero-order chi connectivity index (χ0) is 14.1. The Labute approximate surface area is 121 Å². The molecule has 6 heteroatoms. The van der Waals surface area contributed by atoms with Gasteiger partial charge in [0, 0.05) is 17.0 Å². The first kappa shape index (κ1) is 13.5. The molecule has 1 aliphatic carbocycles. The molecule has 1 atom stereocenters. The molecule has 0 saturated heterocycles. The van der Waals surface area contributed by atoms with Crippen molar-refractivity contribution in [3.05, 3.63) is 40.3 Å². The number of nitrogens with two attached hydrogens (primary N) is 1. The smallest absolute Gasteiger partial charge is 0.328 e. The van der Waals surface area contributed by atoms with Crippen LogP contribution >= 0.6 is 11.8 Å². The van der Waals surface area contributed by atoms with Crippen LogP contribution in [0.1, 0.15) is 31.4 Å². The van der Waals surface area contributed by atoms with E-state index in [1.54, 1.807) is 4.57 Å². The summed E-state index contributed by atoms with van der Waals surface area (Å²) < 4.78 is 1.76. The molecule has 106 valence electrons. The van der Waals surface area contributed by atoms with Gasteiger partial charge in [-0.3, -0.25) is 4.57 Å². The van der Waals surface area contributed by atoms with Crippen LogP contribution in [0.15, 0.2) is 39.1 Å². The first-order valence-corrected chi connectivity index (χ1v) is 7.64. The summed E-state index contributed by atoms with van der Waals surface area (Å²) in [5, 5.41) is 7.40. The van der Waals surface area contributed by atoms with Crippen LogP contribution in [0.3, 0.4) is 0 Å². The minimum absolute atomic E-state index is 0.108. The summed E-state index contributed by atoms with van der Waals surface area (Å²) in [5.41, 5.74) is 6.91. The van der Waals surface area contributed by atoms with Gasteiger partial charge in [0.25, 0.3) is 0 Å². The highest BCUT2D eigenvalue weighted by Crippen LogP contribution is 2.37. The van der Waals surface area contributed by atoms with Crippen LogP contribution in [0, 0.1) is 0 Å². The average molecular weight is 290 g/mol. The summed E-state index contributed by atoms with van der Waals surface area (Å²) >= 11 is 1.52. The molecule has 1 fully saturated rings. The summed E-state index contributed by atoms with van der Waals surface area (Å²) in [4.78, 5) is 12.8. The van der Waals surface area contributed by atoms with Gasteiger partial charge < -0.3 is 5.73 Å². The number of rotatable bonds is 5. The molecule has 1 aromatic heterocycles. The van der Waals surface area contributed by atoms with Gasteiger partial charge in [0.15, 0.2) is 5.16 Å². The monoisotopic (exact) mass is 290 g/mol. The summed E-state index contributed by atoms with van der Waals surface area (Å²) in [6.07, 6.45) is 3.01. The second-order valence-electron chi connectivity index (χ2n) is 5.34. The number of aromatic nitrogens is 3. The Morgan fingerprint density at radius 2 is 2.15 bits per heavy atom. The summed E-state index contributed by atoms with van der Waals surface area (Å²) in [5.74, 6) is 0. The molecule has 1 unspecified atom stereocenters. The second-order valence-corrected chi connectivity index (χ2v) is 6.38. The van der Waals surface area contributed by atoms with Crippen LogP contribution in [0.25, 0.3) is 0 Å². The lowest BCUT2D eigenvalue weighted by Gasteiger charge is -2.07. The Morgan fingerprint density at radius 3 is 2.75 bits per heavy atom. The minimum Gasteiger partial charge on any atom is -0.328 e. The molecule has 1 aromatic carbocycles. The van der Waals surface area contributed by atoms with Crippen molar-refractivity contribution in [1.82, 2.24) is 14.8 Å². The highest BCUT2D eigenvalue weighted by molar-refractivity contribution is 7.99. The van der Waals surface area contributed by atoms with Gasteiger partial charge in [-0.25, -0.2) is 9.89 Å². The van der Waals surface area contributed by atoms with Crippen molar-refractivity contribution in [2.75, 3.05) is 0 Å². The maximum atomic E-state index is 11.7. The molecule has 3 rings (SSSR count). The predicted octanol–water partition coefficient (Wildman–Crippen LogP) is 1.95. The van der Waals surface area contributed by atoms with E-state index in [1.165, 1.54) is 17.3 Å². The van der Waals surface area contributed by atoms with Gasteiger partial charge in [-0.1, -0.05) is 12.1 Å². The molecule has 0 aliphatic heterocycles. The third kappa shape index (κ3) is 2.96. The third-order valence-electron chi connectivity index (χ3n) is 3.27. The van der Waals surface area contributed by atoms with E-state index in [1.807, 2.05) is 6.92 Å². The molecule has 0 bridgehead atoms. The second kappa shape index (κ2) is 5.46. The van der Waals surface area contributed by atoms with Crippen LogP contribution in [0.4, 0.5) is 0 Å². The van der Waals surface area contributed by atoms with Crippen molar-refractivity contribution in [3.8, 4) is 0 Å². The fourth-order valence-corrected chi connectivity index (χ4v) is 3.09. The van der Waals surface area contributed by atoms with Gasteiger partial charge in [0.1, 0.15) is 0 Å². The Morgan fingerprint density at radius 1 is 1.45 bits per heavy atom. The van der Waals surface area contributed by atoms with E-state index >= 15 is 0 Å². The molecule has 1 heterocycles. The fourth-order valence-electron chi connectivity index (χ4n) is 2.19. The molecular weight excluding hydrogens is 272 g/mol. The Balaban J connectivity index is 1.76. The van der Waals surface area contributed by atoms with Gasteiger partial charge in [-0.15, -0.1) is 5.10 Å². The van der Waals surface area contributed by atoms with Crippen LogP contribution in [-0.2, 0) is 6.42 Å². The zero-order valence-corrected chi connectivity index (χ0v) is 12.2. The molecule has 20 heavy (non-hydrogen) atoms. The molecule has 1 saturated carbocycles. The van der Waals surface area contributed by atoms with Crippen LogP contribution in [-0.4, -0.2) is 20.8 Å². The summed E-state index contributed by atoms with van der Waals surface area (Å²) in [6.45, 7) is 2.00. The molecular formula is C14H18N4OS. The third-order valence-corrected chi connectivity index (χ3v) is 4.25. The average Bonchev–Trinajstić information content (AvgIpc) is 3.17. The number of hydrogen-bond acceptors (Lipinski definition) is 4. The number of benzene rings is 1. The normalized spacial score (nSPS) is 16.3. The Kier molecular flexibility index (Phi) is 3.67. The van der Waals surface area contributed by atoms with Crippen LogP contribution in [0.2, 0.25) is 0 Å². The zero-order valence-electron chi connectivity index (χ0n) is 11.4. The van der Waals surface area contributed by atoms with E-state index in [-0.39, 0.29) is 11.7 Å². The molecule has 0 spiro atoms. The van der Waals surface area contributed by atoms with Crippen LogP contribution in [0.5, 0.6) is 0 Å². The van der Waals surface area contributed by atoms with Crippen molar-refractivity contribution in [1.29, 1.82) is 0 Å². The lowest BCUT2D eigenvalue weighted by Crippen LogP contribution is -2.17. The molecule has 2 aromatic rings. The summed E-state index contributed by atoms with van der Waals surface area (Å²) in [6, 6.07) is 8.77. The van der Waals surface area contributed by atoms with Gasteiger partial charge in [0.05, 0.1) is 0 Å². The van der Waals surface area contributed by atoms with Crippen molar-refractivity contribution in [2.24, 2.45) is 5.73 Å². The van der Waals surface area contributed by atoms with E-state index in [2.05, 4.69) is 34.5 Å². The Bertz CT molecular complexity index is 640. The van der Waals surface area contributed by atoms with Crippen LogP contribution < -0.4 is 11.4 Å². The van der Waals surface area contributed by atoms with E-state index in [9.17, 15) is 4.79 Å². The molecule has 0 amide bonds. The maximum absolute atomic E-state index is 11.7. The molecule has 0 radical (unpaired) electrons. The first-order chi connectivity index (χ1) is 9.63. The highest BCUT2D eigenvalue weighted by Gasteiger charge is 2.28. The molecule has 5 nitrogen and oxygen atoms in total. The van der Waals surface area contributed by atoms with E-state index in [0.717, 1.165) is 29.3 Å². The minimum atomic E-state index is -0.108. The van der Waals surface area contributed by atoms with Gasteiger partial charge in [-0.2, -0.15) is 0 Å². The Hall–Kier alpha value is -1.53. The van der Waals surface area contributed by atoms with E-state index in [0.29, 0.717) is 6.04 Å². The fraction of sp³-hybridized carbons (Fsp3) is 0.429. The number of aromatic amines is 1. The first-order valence-electron chi connectivity index (χ1n) is 6.83. The molecule has 3 N–H and O–H groups in total. The number of hydrogen-bond donors (Lipinski definition) is 2. The van der Waals surface area contributed by atoms with Gasteiger partial charge in [-0.05, 0) is 55.6 Å². The number of H-pyrrole nitrogens is 1. The number of nitrogens with zero attached hydrogens (tertiary/aromatic N) is 2.